The van der Waals surface area contributed by atoms with Gasteiger partial charge in [0.15, 0.2) is 5.11 Å². The van der Waals surface area contributed by atoms with Crippen LogP contribution in [0.3, 0.4) is 0 Å². The molecule has 2 aromatic rings. The summed E-state index contributed by atoms with van der Waals surface area (Å²) in [5, 5.41) is 7.46. The second kappa shape index (κ2) is 7.64. The first-order valence-electron chi connectivity index (χ1n) is 6.74. The molecule has 0 aliphatic rings. The molecule has 0 atom stereocenters. The van der Waals surface area contributed by atoms with Crippen molar-refractivity contribution < 1.29 is 4.79 Å². The van der Waals surface area contributed by atoms with Gasteiger partial charge in [0.25, 0.3) is 0 Å². The topological polar surface area (TPSA) is 44.4 Å². The number of hydrogen-bond donors (Lipinski definition) is 2. The Bertz CT molecular complexity index is 735. The van der Waals surface area contributed by atoms with E-state index in [1.807, 2.05) is 24.3 Å². The van der Waals surface area contributed by atoms with Crippen LogP contribution in [0, 0.1) is 0 Å². The van der Waals surface area contributed by atoms with Gasteiger partial charge in [-0.25, -0.2) is 0 Å². The molecule has 7 heteroatoms. The van der Waals surface area contributed by atoms with Gasteiger partial charge in [-0.05, 0) is 54.7 Å². The monoisotopic (exact) mass is 367 g/mol. The van der Waals surface area contributed by atoms with Crippen molar-refractivity contribution in [2.45, 2.75) is 6.92 Å². The first-order chi connectivity index (χ1) is 10.9. The SMILES string of the molecule is CC(=O)N(C)c1ccc(NC(=S)Nc2ccc(Cl)c(Cl)c2)cc1. The number of thiocarbonyl (C=S) groups is 1. The molecule has 2 N–H and O–H groups in total. The quantitative estimate of drug-likeness (QED) is 0.765. The summed E-state index contributed by atoms with van der Waals surface area (Å²) in [4.78, 5) is 12.9. The Kier molecular flexibility index (Phi) is 5.82. The van der Waals surface area contributed by atoms with Gasteiger partial charge in [0, 0.05) is 31.0 Å². The van der Waals surface area contributed by atoms with Gasteiger partial charge in [-0.1, -0.05) is 23.2 Å². The van der Waals surface area contributed by atoms with E-state index in [4.69, 9.17) is 35.4 Å². The fourth-order valence-corrected chi connectivity index (χ4v) is 2.35. The maximum atomic E-state index is 11.3. The molecule has 0 fully saturated rings. The van der Waals surface area contributed by atoms with Gasteiger partial charge in [0.2, 0.25) is 5.91 Å². The summed E-state index contributed by atoms with van der Waals surface area (Å²) < 4.78 is 0. The predicted molar refractivity (Wildman–Crippen MR) is 102 cm³/mol. The summed E-state index contributed by atoms with van der Waals surface area (Å²) in [6.07, 6.45) is 0. The maximum absolute atomic E-state index is 11.3. The Morgan fingerprint density at radius 1 is 1.00 bits per heavy atom. The second-order valence-electron chi connectivity index (χ2n) is 4.83. The summed E-state index contributed by atoms with van der Waals surface area (Å²) >= 11 is 17.1. The molecule has 23 heavy (non-hydrogen) atoms. The van der Waals surface area contributed by atoms with E-state index >= 15 is 0 Å². The molecule has 0 saturated heterocycles. The minimum absolute atomic E-state index is 0.0255. The Morgan fingerprint density at radius 3 is 2.13 bits per heavy atom. The fourth-order valence-electron chi connectivity index (χ4n) is 1.82. The van der Waals surface area contributed by atoms with Gasteiger partial charge >= 0.3 is 0 Å². The van der Waals surface area contributed by atoms with E-state index in [-0.39, 0.29) is 5.91 Å². The third-order valence-corrected chi connectivity index (χ3v) is 4.11. The van der Waals surface area contributed by atoms with Gasteiger partial charge in [0.1, 0.15) is 0 Å². The molecule has 120 valence electrons. The first kappa shape index (κ1) is 17.5. The predicted octanol–water partition coefficient (Wildman–Crippen LogP) is 4.79. The van der Waals surface area contributed by atoms with Crippen LogP contribution in [-0.4, -0.2) is 18.1 Å². The van der Waals surface area contributed by atoms with Crippen molar-refractivity contribution in [2.75, 3.05) is 22.6 Å². The van der Waals surface area contributed by atoms with Crippen molar-refractivity contribution >= 4 is 63.5 Å². The fraction of sp³-hybridized carbons (Fsp3) is 0.125. The summed E-state index contributed by atoms with van der Waals surface area (Å²) in [5.41, 5.74) is 2.36. The summed E-state index contributed by atoms with van der Waals surface area (Å²) in [6, 6.07) is 12.5. The zero-order valence-corrected chi connectivity index (χ0v) is 14.9. The molecule has 0 aliphatic carbocycles. The average Bonchev–Trinajstić information content (AvgIpc) is 2.51. The molecule has 4 nitrogen and oxygen atoms in total. The molecule has 0 unspecified atom stereocenters. The molecule has 1 amide bonds. The first-order valence-corrected chi connectivity index (χ1v) is 7.90. The lowest BCUT2D eigenvalue weighted by atomic mass is 10.2. The van der Waals surface area contributed by atoms with Gasteiger partial charge < -0.3 is 15.5 Å². The van der Waals surface area contributed by atoms with Gasteiger partial charge in [-0.2, -0.15) is 0 Å². The van der Waals surface area contributed by atoms with E-state index in [9.17, 15) is 4.79 Å². The third kappa shape index (κ3) is 4.82. The number of nitrogens with zero attached hydrogens (tertiary/aromatic N) is 1. The number of nitrogens with one attached hydrogen (secondary N) is 2. The van der Waals surface area contributed by atoms with Crippen molar-refractivity contribution in [1.82, 2.24) is 0 Å². The van der Waals surface area contributed by atoms with Crippen LogP contribution in [0.25, 0.3) is 0 Å². The molecular weight excluding hydrogens is 353 g/mol. The smallest absolute Gasteiger partial charge is 0.223 e. The normalized spacial score (nSPS) is 10.1. The highest BCUT2D eigenvalue weighted by molar-refractivity contribution is 7.80. The van der Waals surface area contributed by atoms with E-state index in [1.165, 1.54) is 6.92 Å². The molecule has 0 aromatic heterocycles. The molecule has 0 bridgehead atoms. The van der Waals surface area contributed by atoms with Gasteiger partial charge in [-0.3, -0.25) is 4.79 Å². The van der Waals surface area contributed by atoms with Crippen molar-refractivity contribution in [3.63, 3.8) is 0 Å². The van der Waals surface area contributed by atoms with Crippen LogP contribution in [0.4, 0.5) is 17.1 Å². The minimum Gasteiger partial charge on any atom is -0.332 e. The Labute approximate surface area is 150 Å². The highest BCUT2D eigenvalue weighted by atomic mass is 35.5. The van der Waals surface area contributed by atoms with Crippen LogP contribution in [0.5, 0.6) is 0 Å². The van der Waals surface area contributed by atoms with Crippen LogP contribution in [0.1, 0.15) is 6.92 Å². The average molecular weight is 368 g/mol. The third-order valence-electron chi connectivity index (χ3n) is 3.16. The number of amides is 1. The number of hydrogen-bond acceptors (Lipinski definition) is 2. The molecule has 0 aliphatic heterocycles. The summed E-state index contributed by atoms with van der Waals surface area (Å²) in [7, 11) is 1.72. The Balaban J connectivity index is 2.00. The van der Waals surface area contributed by atoms with E-state index in [0.29, 0.717) is 15.2 Å². The lowest BCUT2D eigenvalue weighted by Crippen LogP contribution is -2.23. The van der Waals surface area contributed by atoms with Crippen molar-refractivity contribution in [2.24, 2.45) is 0 Å². The van der Waals surface area contributed by atoms with Crippen LogP contribution in [0.2, 0.25) is 10.0 Å². The zero-order chi connectivity index (χ0) is 17.0. The lowest BCUT2D eigenvalue weighted by Gasteiger charge is -2.16. The zero-order valence-electron chi connectivity index (χ0n) is 12.6. The summed E-state index contributed by atoms with van der Waals surface area (Å²) in [5.74, 6) is -0.0255. The number of anilines is 3. The maximum Gasteiger partial charge on any atom is 0.223 e. The Morgan fingerprint density at radius 2 is 1.57 bits per heavy atom. The summed E-state index contributed by atoms with van der Waals surface area (Å²) in [6.45, 7) is 1.52. The molecule has 0 heterocycles. The standard InChI is InChI=1S/C16H15Cl2N3OS/c1-10(22)21(2)13-6-3-11(4-7-13)19-16(23)20-12-5-8-14(17)15(18)9-12/h3-9H,1-2H3,(H2,19,20,23). The highest BCUT2D eigenvalue weighted by Crippen LogP contribution is 2.25. The highest BCUT2D eigenvalue weighted by Gasteiger charge is 2.06. The van der Waals surface area contributed by atoms with Crippen molar-refractivity contribution in [3.05, 3.63) is 52.5 Å². The number of carbonyl (C=O) groups is 1. The molecule has 0 saturated carbocycles. The second-order valence-corrected chi connectivity index (χ2v) is 6.06. The van der Waals surface area contributed by atoms with E-state index in [1.54, 1.807) is 30.1 Å². The largest absolute Gasteiger partial charge is 0.332 e. The number of halogens is 2. The lowest BCUT2D eigenvalue weighted by molar-refractivity contribution is -0.116. The van der Waals surface area contributed by atoms with E-state index < -0.39 is 0 Å². The van der Waals surface area contributed by atoms with Crippen LogP contribution >= 0.6 is 35.4 Å². The van der Waals surface area contributed by atoms with Crippen molar-refractivity contribution in [1.29, 1.82) is 0 Å². The van der Waals surface area contributed by atoms with Gasteiger partial charge in [0.05, 0.1) is 10.0 Å². The molecule has 2 rings (SSSR count). The molecule has 2 aromatic carbocycles. The van der Waals surface area contributed by atoms with Crippen LogP contribution in [-0.2, 0) is 4.79 Å². The van der Waals surface area contributed by atoms with Crippen LogP contribution < -0.4 is 15.5 Å². The number of benzene rings is 2. The molecule has 0 spiro atoms. The minimum atomic E-state index is -0.0255. The molecular formula is C16H15Cl2N3OS. The van der Waals surface area contributed by atoms with E-state index in [0.717, 1.165) is 17.1 Å². The van der Waals surface area contributed by atoms with Crippen LogP contribution in [0.15, 0.2) is 42.5 Å². The molecule has 0 radical (unpaired) electrons. The van der Waals surface area contributed by atoms with Gasteiger partial charge in [-0.15, -0.1) is 0 Å². The number of rotatable bonds is 3. The van der Waals surface area contributed by atoms with E-state index in [2.05, 4.69) is 10.6 Å². The Hall–Kier alpha value is -1.82. The number of carbonyl (C=O) groups excluding carboxylic acids is 1. The van der Waals surface area contributed by atoms with Crippen molar-refractivity contribution in [3.8, 4) is 0 Å².